The highest BCUT2D eigenvalue weighted by Crippen LogP contribution is 2.43. The van der Waals surface area contributed by atoms with E-state index < -0.39 is 23.7 Å². The van der Waals surface area contributed by atoms with E-state index in [2.05, 4.69) is 44.4 Å². The third-order valence-electron chi connectivity index (χ3n) is 10.7. The first-order valence-corrected chi connectivity index (χ1v) is 17.0. The van der Waals surface area contributed by atoms with E-state index in [1.165, 1.54) is 42.3 Å². The summed E-state index contributed by atoms with van der Waals surface area (Å²) in [4.78, 5) is 49.5. The van der Waals surface area contributed by atoms with Gasteiger partial charge in [0, 0.05) is 62.1 Å². The lowest BCUT2D eigenvalue weighted by Gasteiger charge is -2.38. The summed E-state index contributed by atoms with van der Waals surface area (Å²) < 4.78 is 14.3. The second-order valence-electron chi connectivity index (χ2n) is 13.6. The van der Waals surface area contributed by atoms with Gasteiger partial charge in [0.05, 0.1) is 11.9 Å². The SMILES string of the molecule is O=C(O)NC1CCC(C2C(=O)c3cc(F)ncc3N(c3cccc(-c4ccc(CN5CCN(C6CCCC6)CC5)cc4)c3)C2=O)CC1. The number of carbonyl (C=O) groups excluding carboxylic acids is 2. The first kappa shape index (κ1) is 31.4. The number of amides is 2. The number of benzene rings is 2. The van der Waals surface area contributed by atoms with Crippen LogP contribution >= 0.6 is 0 Å². The van der Waals surface area contributed by atoms with Crippen LogP contribution in [0.15, 0.2) is 60.8 Å². The van der Waals surface area contributed by atoms with Gasteiger partial charge >= 0.3 is 6.09 Å². The molecule has 2 saturated carbocycles. The fourth-order valence-corrected chi connectivity index (χ4v) is 8.23. The number of hydrogen-bond acceptors (Lipinski definition) is 6. The summed E-state index contributed by atoms with van der Waals surface area (Å²) in [6.45, 7) is 5.39. The van der Waals surface area contributed by atoms with E-state index in [9.17, 15) is 18.8 Å². The second-order valence-corrected chi connectivity index (χ2v) is 13.6. The van der Waals surface area contributed by atoms with Gasteiger partial charge in [0.15, 0.2) is 5.78 Å². The van der Waals surface area contributed by atoms with Crippen LogP contribution in [0.2, 0.25) is 0 Å². The van der Waals surface area contributed by atoms with Gasteiger partial charge in [-0.25, -0.2) is 9.78 Å². The minimum absolute atomic E-state index is 0.145. The number of Topliss-reactive ketones (excluding diaryl/α,β-unsaturated/α-hetero) is 1. The van der Waals surface area contributed by atoms with Crippen LogP contribution in [0, 0.1) is 17.8 Å². The number of hydrogen-bond donors (Lipinski definition) is 2. The number of aromatic nitrogens is 1. The number of piperazine rings is 1. The largest absolute Gasteiger partial charge is 0.465 e. The smallest absolute Gasteiger partial charge is 0.404 e. The number of carboxylic acid groups (broad SMARTS) is 1. The van der Waals surface area contributed by atoms with E-state index in [-0.39, 0.29) is 29.1 Å². The van der Waals surface area contributed by atoms with Crippen LogP contribution < -0.4 is 10.2 Å². The maximum absolute atomic E-state index is 14.3. The minimum atomic E-state index is -1.08. The molecule has 1 unspecified atom stereocenters. The van der Waals surface area contributed by atoms with Crippen molar-refractivity contribution < 1.29 is 23.9 Å². The van der Waals surface area contributed by atoms with Crippen molar-refractivity contribution >= 4 is 29.2 Å². The number of rotatable bonds is 7. The average molecular weight is 640 g/mol. The van der Waals surface area contributed by atoms with Crippen LogP contribution in [0.5, 0.6) is 0 Å². The van der Waals surface area contributed by atoms with Gasteiger partial charge in [0.25, 0.3) is 0 Å². The van der Waals surface area contributed by atoms with Crippen molar-refractivity contribution in [2.75, 3.05) is 31.1 Å². The predicted molar refractivity (Wildman–Crippen MR) is 177 cm³/mol. The number of carbonyl (C=O) groups is 3. The molecular weight excluding hydrogens is 597 g/mol. The monoisotopic (exact) mass is 639 g/mol. The Balaban J connectivity index is 1.08. The molecule has 3 heterocycles. The number of anilines is 2. The zero-order valence-electron chi connectivity index (χ0n) is 26.6. The molecule has 3 fully saturated rings. The molecule has 9 nitrogen and oxygen atoms in total. The highest BCUT2D eigenvalue weighted by atomic mass is 19.1. The van der Waals surface area contributed by atoms with Gasteiger partial charge in [-0.2, -0.15) is 4.39 Å². The Morgan fingerprint density at radius 1 is 0.894 bits per heavy atom. The summed E-state index contributed by atoms with van der Waals surface area (Å²) >= 11 is 0. The Kier molecular flexibility index (Phi) is 9.05. The predicted octanol–water partition coefficient (Wildman–Crippen LogP) is 6.25. The molecule has 2 aromatic carbocycles. The van der Waals surface area contributed by atoms with Crippen molar-refractivity contribution in [1.82, 2.24) is 20.1 Å². The lowest BCUT2D eigenvalue weighted by atomic mass is 9.73. The van der Waals surface area contributed by atoms with Crippen LogP contribution in [-0.2, 0) is 11.3 Å². The van der Waals surface area contributed by atoms with Gasteiger partial charge in [-0.05, 0) is 73.3 Å². The molecular formula is C37H42FN5O4. The molecule has 47 heavy (non-hydrogen) atoms. The standard InChI is InChI=1S/C37H42FN5O4/c38-33-21-31-32(22-39-33)43(36(45)34(35(31)44)26-12-14-28(15-13-26)40-37(46)47)30-7-3-4-27(20-30)25-10-8-24(9-11-25)23-41-16-18-42(19-17-41)29-5-1-2-6-29/h3-4,7-11,20-22,26,28-29,34,40H,1-2,5-6,12-19,23H2,(H,46,47). The number of ketones is 1. The van der Waals surface area contributed by atoms with Crippen molar-refractivity contribution in [1.29, 1.82) is 0 Å². The van der Waals surface area contributed by atoms with Crippen LogP contribution in [0.1, 0.15) is 67.3 Å². The quantitative estimate of drug-likeness (QED) is 0.233. The molecule has 2 amide bonds. The summed E-state index contributed by atoms with van der Waals surface area (Å²) in [5.74, 6) is -2.77. The Labute approximate surface area is 274 Å². The molecule has 1 saturated heterocycles. The number of pyridine rings is 1. The molecule has 3 aromatic rings. The number of halogens is 1. The lowest BCUT2D eigenvalue weighted by molar-refractivity contribution is -0.122. The van der Waals surface area contributed by atoms with E-state index >= 15 is 0 Å². The highest BCUT2D eigenvalue weighted by Gasteiger charge is 2.45. The van der Waals surface area contributed by atoms with Crippen molar-refractivity contribution in [2.24, 2.45) is 11.8 Å². The third-order valence-corrected chi connectivity index (χ3v) is 10.7. The molecule has 2 N–H and O–H groups in total. The van der Waals surface area contributed by atoms with Gasteiger partial charge in [0.2, 0.25) is 11.9 Å². The van der Waals surface area contributed by atoms with E-state index in [0.717, 1.165) is 56.0 Å². The van der Waals surface area contributed by atoms with Crippen molar-refractivity contribution in [3.8, 4) is 11.1 Å². The molecule has 1 atom stereocenters. The number of nitrogens with one attached hydrogen (secondary N) is 1. The van der Waals surface area contributed by atoms with Crippen molar-refractivity contribution in [3.63, 3.8) is 0 Å². The summed E-state index contributed by atoms with van der Waals surface area (Å²) in [7, 11) is 0. The van der Waals surface area contributed by atoms with E-state index in [4.69, 9.17) is 5.11 Å². The average Bonchev–Trinajstić information content (AvgIpc) is 3.62. The van der Waals surface area contributed by atoms with Gasteiger partial charge in [0.1, 0.15) is 5.92 Å². The van der Waals surface area contributed by atoms with Gasteiger partial charge in [-0.1, -0.05) is 49.2 Å². The Morgan fingerprint density at radius 3 is 2.32 bits per heavy atom. The van der Waals surface area contributed by atoms with Crippen LogP contribution in [-0.4, -0.2) is 75.9 Å². The van der Waals surface area contributed by atoms with Crippen LogP contribution in [0.4, 0.5) is 20.6 Å². The molecule has 2 aliphatic carbocycles. The topological polar surface area (TPSA) is 106 Å². The molecule has 246 valence electrons. The molecule has 10 heteroatoms. The van der Waals surface area contributed by atoms with E-state index in [0.29, 0.717) is 31.4 Å². The molecule has 2 aliphatic heterocycles. The van der Waals surface area contributed by atoms with Gasteiger partial charge < -0.3 is 10.4 Å². The zero-order chi connectivity index (χ0) is 32.5. The first-order valence-electron chi connectivity index (χ1n) is 17.0. The lowest BCUT2D eigenvalue weighted by Crippen LogP contribution is -2.49. The maximum Gasteiger partial charge on any atom is 0.404 e. The second kappa shape index (κ2) is 13.5. The van der Waals surface area contributed by atoms with Crippen molar-refractivity contribution in [3.05, 3.63) is 77.9 Å². The van der Waals surface area contributed by atoms with Crippen LogP contribution in [0.3, 0.4) is 0 Å². The highest BCUT2D eigenvalue weighted by molar-refractivity contribution is 6.24. The minimum Gasteiger partial charge on any atom is -0.465 e. The fourth-order valence-electron chi connectivity index (χ4n) is 8.23. The molecule has 0 bridgehead atoms. The normalized spacial score (nSPS) is 24.4. The third kappa shape index (κ3) is 6.67. The van der Waals surface area contributed by atoms with E-state index in [1.807, 2.05) is 24.3 Å². The Morgan fingerprint density at radius 2 is 1.62 bits per heavy atom. The molecule has 7 rings (SSSR count). The van der Waals surface area contributed by atoms with Gasteiger partial charge in [-0.15, -0.1) is 0 Å². The summed E-state index contributed by atoms with van der Waals surface area (Å²) in [6.07, 6.45) is 7.74. The molecule has 0 radical (unpaired) electrons. The molecule has 4 aliphatic rings. The first-order chi connectivity index (χ1) is 22.8. The summed E-state index contributed by atoms with van der Waals surface area (Å²) in [6, 6.07) is 17.9. The van der Waals surface area contributed by atoms with Crippen LogP contribution in [0.25, 0.3) is 11.1 Å². The molecule has 0 spiro atoms. The summed E-state index contributed by atoms with van der Waals surface area (Å²) in [5.41, 5.74) is 4.22. The van der Waals surface area contributed by atoms with Gasteiger partial charge in [-0.3, -0.25) is 24.3 Å². The number of fused-ring (bicyclic) bond motifs is 1. The fraction of sp³-hybridized carbons (Fsp3) is 0.459. The summed E-state index contributed by atoms with van der Waals surface area (Å²) in [5, 5.41) is 11.6. The zero-order valence-corrected chi connectivity index (χ0v) is 26.6. The maximum atomic E-state index is 14.3. The number of nitrogens with zero attached hydrogens (tertiary/aromatic N) is 4. The van der Waals surface area contributed by atoms with E-state index in [1.54, 1.807) is 0 Å². The van der Waals surface area contributed by atoms with Crippen molar-refractivity contribution in [2.45, 2.75) is 70.0 Å². The Bertz CT molecular complexity index is 1630. The molecule has 1 aromatic heterocycles. The Hall–Kier alpha value is -4.15.